The molecule has 0 spiro atoms. The molecule has 0 saturated carbocycles. The predicted molar refractivity (Wildman–Crippen MR) is 110 cm³/mol. The smallest absolute Gasteiger partial charge is 0.851 e. The van der Waals surface area contributed by atoms with Crippen molar-refractivity contribution in [2.75, 3.05) is 19.9 Å². The maximum atomic E-state index is 12.6. The van der Waals surface area contributed by atoms with Gasteiger partial charge >= 0.3 is 31.1 Å². The van der Waals surface area contributed by atoms with Crippen LogP contribution < -0.4 is 9.47 Å². The van der Waals surface area contributed by atoms with E-state index in [9.17, 15) is 15.0 Å². The van der Waals surface area contributed by atoms with Gasteiger partial charge in [-0.2, -0.15) is 11.8 Å². The molecule has 2 aromatic carbocycles. The van der Waals surface area contributed by atoms with Gasteiger partial charge < -0.3 is 19.8 Å². The Balaban J connectivity index is 0.00000320. The standard InChI is InChI=1S/C23H22N2O4.U/c1-17(26)15-25(13-5-8-18-6-3-2-4-7-18)23(27)20(24)11-9-19-10-12-21-22(14-19)29-16-28-21;/h2-4,6-7,10-12,14H,5,8,13,15-16H2,1H3;/q-2;+2. The molecular formula is C23H22N2O4U. The first-order valence-corrected chi connectivity index (χ1v) is 9.41. The maximum Gasteiger partial charge on any atom is 2.00 e. The van der Waals surface area contributed by atoms with Gasteiger partial charge in [0.25, 0.3) is 0 Å². The van der Waals surface area contributed by atoms with Crippen LogP contribution in [0.25, 0.3) is 5.41 Å². The molecule has 152 valence electrons. The summed E-state index contributed by atoms with van der Waals surface area (Å²) < 4.78 is 10.5. The molecule has 0 fully saturated rings. The number of benzene rings is 2. The van der Waals surface area contributed by atoms with E-state index in [0.29, 0.717) is 30.0 Å². The number of aryl methyl sites for hydroxylation is 1. The number of hydrogen-bond acceptors (Lipinski definition) is 4. The summed E-state index contributed by atoms with van der Waals surface area (Å²) in [6, 6.07) is 15.1. The van der Waals surface area contributed by atoms with E-state index in [4.69, 9.17) is 9.47 Å². The first-order chi connectivity index (χ1) is 14.0. The molecule has 6 nitrogen and oxygen atoms in total. The summed E-state index contributed by atoms with van der Waals surface area (Å²) in [4.78, 5) is 25.5. The summed E-state index contributed by atoms with van der Waals surface area (Å²) in [5.41, 5.74) is 1.33. The SMILES string of the molecule is CC(=O)CN(CCCc1ccccc1)C(=O)C(=[N-])C=[C-]c1ccc2c(c1)OCO2.[U+2]. The van der Waals surface area contributed by atoms with E-state index in [1.54, 1.807) is 18.2 Å². The van der Waals surface area contributed by atoms with Crippen LogP contribution in [0.4, 0.5) is 0 Å². The van der Waals surface area contributed by atoms with Gasteiger partial charge in [0.15, 0.2) is 5.91 Å². The first kappa shape index (κ1) is 23.9. The monoisotopic (exact) mass is 628 g/mol. The second-order valence-electron chi connectivity index (χ2n) is 6.76. The Morgan fingerprint density at radius 1 is 1.13 bits per heavy atom. The zero-order valence-corrected chi connectivity index (χ0v) is 20.9. The molecular weight excluding hydrogens is 606 g/mol. The van der Waals surface area contributed by atoms with Gasteiger partial charge in [0.1, 0.15) is 17.3 Å². The molecule has 0 unspecified atom stereocenters. The van der Waals surface area contributed by atoms with E-state index in [0.717, 1.165) is 12.0 Å². The second kappa shape index (κ2) is 11.7. The summed E-state index contributed by atoms with van der Waals surface area (Å²) in [7, 11) is 0. The number of hydrogen-bond donors (Lipinski definition) is 0. The van der Waals surface area contributed by atoms with Crippen molar-refractivity contribution in [1.29, 1.82) is 0 Å². The van der Waals surface area contributed by atoms with Crippen LogP contribution in [-0.4, -0.2) is 42.2 Å². The van der Waals surface area contributed by atoms with Crippen molar-refractivity contribution in [2.45, 2.75) is 19.8 Å². The van der Waals surface area contributed by atoms with Gasteiger partial charge in [0.2, 0.25) is 6.79 Å². The van der Waals surface area contributed by atoms with Crippen LogP contribution in [0.1, 0.15) is 24.5 Å². The fourth-order valence-electron chi connectivity index (χ4n) is 3.00. The number of carbonyl (C=O) groups excluding carboxylic acids is 2. The van der Waals surface area contributed by atoms with Gasteiger partial charge in [0.05, 0.1) is 6.54 Å². The van der Waals surface area contributed by atoms with Crippen LogP contribution in [0.5, 0.6) is 11.5 Å². The molecule has 0 aromatic heterocycles. The summed E-state index contributed by atoms with van der Waals surface area (Å²) in [5.74, 6) is 0.496. The van der Waals surface area contributed by atoms with E-state index in [-0.39, 0.29) is 50.2 Å². The molecule has 1 aliphatic heterocycles. The van der Waals surface area contributed by atoms with Crippen LogP contribution in [0, 0.1) is 37.2 Å². The van der Waals surface area contributed by atoms with Crippen LogP contribution >= 0.6 is 0 Å². The van der Waals surface area contributed by atoms with E-state index in [1.165, 1.54) is 17.9 Å². The topological polar surface area (TPSA) is 78.1 Å². The number of fused-ring (bicyclic) bond motifs is 1. The minimum atomic E-state index is -0.596. The Hall–Kier alpha value is -2.36. The molecule has 30 heavy (non-hydrogen) atoms. The first-order valence-electron chi connectivity index (χ1n) is 9.41. The summed E-state index contributed by atoms with van der Waals surface area (Å²) in [6.07, 6.45) is 5.54. The minimum absolute atomic E-state index is 0. The molecule has 0 N–H and O–H groups in total. The van der Waals surface area contributed by atoms with Gasteiger partial charge in [-0.1, -0.05) is 42.5 Å². The fourth-order valence-corrected chi connectivity index (χ4v) is 3.00. The van der Waals surface area contributed by atoms with Crippen molar-refractivity contribution in [3.63, 3.8) is 0 Å². The fraction of sp³-hybridized carbons (Fsp3) is 0.261. The number of Topliss-reactive ketones (excluding diaryl/α,β-unsaturated/α-hetero) is 1. The van der Waals surface area contributed by atoms with Crippen molar-refractivity contribution in [1.82, 2.24) is 4.90 Å². The van der Waals surface area contributed by atoms with Crippen molar-refractivity contribution in [2.24, 2.45) is 0 Å². The summed E-state index contributed by atoms with van der Waals surface area (Å²) >= 11 is 0. The number of ether oxygens (including phenoxy) is 2. The van der Waals surface area contributed by atoms with Crippen molar-refractivity contribution in [3.8, 4) is 11.5 Å². The normalized spacial score (nSPS) is 11.8. The average Bonchev–Trinajstić information content (AvgIpc) is 3.19. The number of rotatable bonds is 9. The molecule has 0 bridgehead atoms. The summed E-state index contributed by atoms with van der Waals surface area (Å²) in [6.45, 7) is 1.91. The predicted octanol–water partition coefficient (Wildman–Crippen LogP) is 3.18. The molecule has 1 amide bonds. The molecule has 0 atom stereocenters. The average molecular weight is 628 g/mol. The summed E-state index contributed by atoms with van der Waals surface area (Å²) in [5, 5.41) is 10.2. The molecule has 7 heteroatoms. The van der Waals surface area contributed by atoms with Crippen LogP contribution in [0.3, 0.4) is 0 Å². The van der Waals surface area contributed by atoms with Crippen LogP contribution in [0.15, 0.2) is 54.6 Å². The van der Waals surface area contributed by atoms with Gasteiger partial charge in [-0.25, -0.2) is 0 Å². The number of carbonyl (C=O) groups is 2. The molecule has 3 rings (SSSR count). The van der Waals surface area contributed by atoms with Crippen LogP contribution in [0.2, 0.25) is 0 Å². The Morgan fingerprint density at radius 2 is 1.87 bits per heavy atom. The zero-order chi connectivity index (χ0) is 20.6. The Morgan fingerprint density at radius 3 is 2.60 bits per heavy atom. The number of ketones is 1. The van der Waals surface area contributed by atoms with Crippen molar-refractivity contribution >= 4 is 17.4 Å². The third-order valence-electron chi connectivity index (χ3n) is 4.40. The largest absolute Gasteiger partial charge is 2.00 e. The Kier molecular flexibility index (Phi) is 9.35. The molecule has 0 radical (unpaired) electrons. The van der Waals surface area contributed by atoms with E-state index < -0.39 is 11.6 Å². The third kappa shape index (κ3) is 6.86. The molecule has 0 saturated heterocycles. The van der Waals surface area contributed by atoms with E-state index >= 15 is 0 Å². The molecule has 0 aliphatic carbocycles. The quantitative estimate of drug-likeness (QED) is 0.316. The Labute approximate surface area is 200 Å². The van der Waals surface area contributed by atoms with E-state index in [1.807, 2.05) is 30.3 Å². The van der Waals surface area contributed by atoms with Gasteiger partial charge in [0, 0.05) is 6.54 Å². The Bertz CT molecular complexity index is 928. The van der Waals surface area contributed by atoms with Crippen molar-refractivity contribution < 1.29 is 50.2 Å². The third-order valence-corrected chi connectivity index (χ3v) is 4.40. The van der Waals surface area contributed by atoms with Gasteiger partial charge in [-0.3, -0.25) is 9.59 Å². The molecule has 1 heterocycles. The molecule has 1 aliphatic rings. The maximum absolute atomic E-state index is 12.6. The number of amides is 1. The second-order valence-corrected chi connectivity index (χ2v) is 6.76. The van der Waals surface area contributed by atoms with Gasteiger partial charge in [-0.05, 0) is 25.3 Å². The van der Waals surface area contributed by atoms with Crippen LogP contribution in [-0.2, 0) is 16.0 Å². The zero-order valence-electron chi connectivity index (χ0n) is 16.8. The minimum Gasteiger partial charge on any atom is -0.851 e. The van der Waals surface area contributed by atoms with E-state index in [2.05, 4.69) is 6.08 Å². The molecule has 2 aromatic rings. The van der Waals surface area contributed by atoms with Crippen molar-refractivity contribution in [3.05, 3.63) is 77.2 Å². The van der Waals surface area contributed by atoms with Gasteiger partial charge in [-0.15, -0.1) is 17.7 Å². The number of nitrogens with zero attached hydrogens (tertiary/aromatic N) is 2.